The molecule has 16 heavy (non-hydrogen) atoms. The minimum Gasteiger partial charge on any atom is -0.378 e. The van der Waals surface area contributed by atoms with E-state index in [2.05, 4.69) is 0 Å². The lowest BCUT2D eigenvalue weighted by molar-refractivity contribution is 0.0649. The van der Waals surface area contributed by atoms with E-state index in [0.29, 0.717) is 6.10 Å². The molecule has 0 amide bonds. The van der Waals surface area contributed by atoms with Crippen molar-refractivity contribution in [2.24, 2.45) is 17.6 Å². The summed E-state index contributed by atoms with van der Waals surface area (Å²) < 4.78 is 5.75. The summed E-state index contributed by atoms with van der Waals surface area (Å²) in [5, 5.41) is 0. The first-order valence-corrected chi connectivity index (χ1v) is 7.16. The van der Waals surface area contributed by atoms with Crippen LogP contribution in [0.4, 0.5) is 0 Å². The Balaban J connectivity index is 1.57. The van der Waals surface area contributed by atoms with Crippen LogP contribution in [0.5, 0.6) is 0 Å². The summed E-state index contributed by atoms with van der Waals surface area (Å²) in [6.07, 6.45) is 12.3. The molecule has 0 bridgehead atoms. The van der Waals surface area contributed by atoms with E-state index in [1.807, 2.05) is 0 Å². The predicted molar refractivity (Wildman–Crippen MR) is 65.2 cm³/mol. The Kier molecular flexibility index (Phi) is 2.97. The second-order valence-corrected chi connectivity index (χ2v) is 6.40. The first kappa shape index (κ1) is 11.0. The maximum atomic E-state index is 6.61. The van der Waals surface area contributed by atoms with Crippen LogP contribution in [0.15, 0.2) is 0 Å². The van der Waals surface area contributed by atoms with Crippen molar-refractivity contribution in [3.63, 3.8) is 0 Å². The van der Waals surface area contributed by atoms with Crippen LogP contribution in [0.3, 0.4) is 0 Å². The highest BCUT2D eigenvalue weighted by Crippen LogP contribution is 2.47. The monoisotopic (exact) mass is 223 g/mol. The molecule has 3 atom stereocenters. The smallest absolute Gasteiger partial charge is 0.0593 e. The van der Waals surface area contributed by atoms with Crippen molar-refractivity contribution in [3.8, 4) is 0 Å². The molecule has 3 aliphatic rings. The van der Waals surface area contributed by atoms with E-state index in [1.165, 1.54) is 51.4 Å². The molecule has 2 saturated carbocycles. The lowest BCUT2D eigenvalue weighted by Gasteiger charge is -2.39. The van der Waals surface area contributed by atoms with Gasteiger partial charge in [-0.15, -0.1) is 0 Å². The summed E-state index contributed by atoms with van der Waals surface area (Å²) in [5.41, 5.74) is 6.73. The van der Waals surface area contributed by atoms with Gasteiger partial charge in [-0.25, -0.2) is 0 Å². The van der Waals surface area contributed by atoms with E-state index in [-0.39, 0.29) is 5.54 Å². The molecule has 3 unspecified atom stereocenters. The molecule has 0 aromatic heterocycles. The van der Waals surface area contributed by atoms with Gasteiger partial charge in [0.25, 0.3) is 0 Å². The minimum absolute atomic E-state index is 0.112. The van der Waals surface area contributed by atoms with Crippen molar-refractivity contribution in [1.29, 1.82) is 0 Å². The number of nitrogens with two attached hydrogens (primary N) is 1. The maximum absolute atomic E-state index is 6.61. The Morgan fingerprint density at radius 3 is 2.62 bits per heavy atom. The Hall–Kier alpha value is -0.0800. The lowest BCUT2D eigenvalue weighted by Crippen LogP contribution is -2.47. The fraction of sp³-hybridized carbons (Fsp3) is 1.00. The zero-order valence-electron chi connectivity index (χ0n) is 10.3. The molecule has 2 heteroatoms. The van der Waals surface area contributed by atoms with Gasteiger partial charge >= 0.3 is 0 Å². The molecule has 3 rings (SSSR count). The Morgan fingerprint density at radius 2 is 1.94 bits per heavy atom. The molecule has 1 saturated heterocycles. The van der Waals surface area contributed by atoms with Crippen molar-refractivity contribution in [3.05, 3.63) is 0 Å². The topological polar surface area (TPSA) is 35.2 Å². The van der Waals surface area contributed by atoms with Gasteiger partial charge in [-0.05, 0) is 56.8 Å². The standard InChI is InChI=1S/C14H25NO/c15-14(10-13-4-2-8-16-13)7-1-3-12(9-14)11-5-6-11/h11-13H,1-10,15H2. The fourth-order valence-corrected chi connectivity index (χ4v) is 3.86. The number of rotatable bonds is 3. The van der Waals surface area contributed by atoms with Gasteiger partial charge < -0.3 is 10.5 Å². The molecule has 2 N–H and O–H groups in total. The quantitative estimate of drug-likeness (QED) is 0.798. The Labute approximate surface area is 98.9 Å². The highest BCUT2D eigenvalue weighted by molar-refractivity contribution is 4.97. The Morgan fingerprint density at radius 1 is 1.06 bits per heavy atom. The van der Waals surface area contributed by atoms with Crippen LogP contribution in [0.25, 0.3) is 0 Å². The first-order valence-electron chi connectivity index (χ1n) is 7.16. The van der Waals surface area contributed by atoms with Crippen molar-refractivity contribution < 1.29 is 4.74 Å². The van der Waals surface area contributed by atoms with Crippen LogP contribution in [0, 0.1) is 11.8 Å². The molecule has 1 aliphatic heterocycles. The van der Waals surface area contributed by atoms with Crippen molar-refractivity contribution in [2.45, 2.75) is 69.4 Å². The van der Waals surface area contributed by atoms with Gasteiger partial charge in [-0.1, -0.05) is 12.8 Å². The number of ether oxygens (including phenoxy) is 1. The molecule has 3 fully saturated rings. The average molecular weight is 223 g/mol. The van der Waals surface area contributed by atoms with Crippen LogP contribution < -0.4 is 5.73 Å². The SMILES string of the molecule is NC1(CC2CCCO2)CCCC(C2CC2)C1. The largest absolute Gasteiger partial charge is 0.378 e. The lowest BCUT2D eigenvalue weighted by atomic mass is 9.72. The zero-order chi connectivity index (χ0) is 11.0. The molecule has 0 aromatic carbocycles. The van der Waals surface area contributed by atoms with Gasteiger partial charge in [0.1, 0.15) is 0 Å². The molecule has 2 nitrogen and oxygen atoms in total. The molecule has 0 radical (unpaired) electrons. The van der Waals surface area contributed by atoms with Gasteiger partial charge in [0.2, 0.25) is 0 Å². The van der Waals surface area contributed by atoms with Crippen LogP contribution in [-0.4, -0.2) is 18.2 Å². The molecule has 0 aromatic rings. The van der Waals surface area contributed by atoms with Gasteiger partial charge in [-0.2, -0.15) is 0 Å². The number of hydrogen-bond donors (Lipinski definition) is 1. The third-order valence-electron chi connectivity index (χ3n) is 4.87. The van der Waals surface area contributed by atoms with E-state index < -0.39 is 0 Å². The second-order valence-electron chi connectivity index (χ2n) is 6.40. The maximum Gasteiger partial charge on any atom is 0.0593 e. The average Bonchev–Trinajstić information content (AvgIpc) is 2.99. The van der Waals surface area contributed by atoms with Crippen LogP contribution >= 0.6 is 0 Å². The molecule has 2 aliphatic carbocycles. The van der Waals surface area contributed by atoms with Crippen LogP contribution in [-0.2, 0) is 4.74 Å². The highest BCUT2D eigenvalue weighted by Gasteiger charge is 2.41. The fourth-order valence-electron chi connectivity index (χ4n) is 3.86. The summed E-state index contributed by atoms with van der Waals surface area (Å²) in [6.45, 7) is 0.965. The summed E-state index contributed by atoms with van der Waals surface area (Å²) in [7, 11) is 0. The zero-order valence-corrected chi connectivity index (χ0v) is 10.3. The van der Waals surface area contributed by atoms with Crippen LogP contribution in [0.1, 0.15) is 57.8 Å². The molecular weight excluding hydrogens is 198 g/mol. The Bertz CT molecular complexity index is 241. The van der Waals surface area contributed by atoms with E-state index in [9.17, 15) is 0 Å². The summed E-state index contributed by atoms with van der Waals surface area (Å²) in [5.74, 6) is 1.98. The van der Waals surface area contributed by atoms with E-state index in [0.717, 1.165) is 24.9 Å². The first-order chi connectivity index (χ1) is 7.75. The minimum atomic E-state index is 0.112. The molecule has 0 spiro atoms. The van der Waals surface area contributed by atoms with Gasteiger partial charge in [0.15, 0.2) is 0 Å². The van der Waals surface area contributed by atoms with Crippen molar-refractivity contribution >= 4 is 0 Å². The third kappa shape index (κ3) is 2.43. The molecule has 92 valence electrons. The summed E-state index contributed by atoms with van der Waals surface area (Å²) in [4.78, 5) is 0. The highest BCUT2D eigenvalue weighted by atomic mass is 16.5. The van der Waals surface area contributed by atoms with E-state index >= 15 is 0 Å². The van der Waals surface area contributed by atoms with Crippen molar-refractivity contribution in [2.75, 3.05) is 6.61 Å². The third-order valence-corrected chi connectivity index (χ3v) is 4.87. The second kappa shape index (κ2) is 4.30. The van der Waals surface area contributed by atoms with E-state index in [1.54, 1.807) is 0 Å². The van der Waals surface area contributed by atoms with Crippen molar-refractivity contribution in [1.82, 2.24) is 0 Å². The predicted octanol–water partition coefficient (Wildman–Crippen LogP) is 2.85. The number of hydrogen-bond acceptors (Lipinski definition) is 2. The molecular formula is C14H25NO. The molecule has 1 heterocycles. The van der Waals surface area contributed by atoms with Crippen LogP contribution in [0.2, 0.25) is 0 Å². The summed E-state index contributed by atoms with van der Waals surface area (Å²) >= 11 is 0. The van der Waals surface area contributed by atoms with Gasteiger partial charge in [0, 0.05) is 12.1 Å². The van der Waals surface area contributed by atoms with E-state index in [4.69, 9.17) is 10.5 Å². The van der Waals surface area contributed by atoms with Gasteiger partial charge in [-0.3, -0.25) is 0 Å². The normalized spacial score (nSPS) is 44.8. The summed E-state index contributed by atoms with van der Waals surface area (Å²) in [6, 6.07) is 0. The van der Waals surface area contributed by atoms with Gasteiger partial charge in [0.05, 0.1) is 6.10 Å².